The third kappa shape index (κ3) is 4.07. The van der Waals surface area contributed by atoms with E-state index in [1.165, 1.54) is 0 Å². The molecule has 0 rings (SSSR count). The fraction of sp³-hybridized carbons (Fsp3) is 0.714. The molecule has 68 valence electrons. The molecule has 0 saturated carbocycles. The zero-order valence-corrected chi connectivity index (χ0v) is 9.76. The van der Waals surface area contributed by atoms with Gasteiger partial charge in [0.05, 0.1) is 11.4 Å². The molecule has 0 aliphatic carbocycles. The predicted octanol–water partition coefficient (Wildman–Crippen LogP) is 2.20. The first kappa shape index (κ1) is 11.9. The van der Waals surface area contributed by atoms with Crippen molar-refractivity contribution in [3.05, 3.63) is 0 Å². The number of carbonyl (C=O) groups is 1. The lowest BCUT2D eigenvalue weighted by Crippen LogP contribution is -2.20. The first-order valence-corrected chi connectivity index (χ1v) is 5.49. The highest BCUT2D eigenvalue weighted by atomic mass is 79.9. The monoisotopic (exact) mass is 297 g/mol. The second-order valence-electron chi connectivity index (χ2n) is 2.09. The molecule has 0 aromatic heterocycles. The van der Waals surface area contributed by atoms with Crippen molar-refractivity contribution in [1.82, 2.24) is 0 Å². The minimum absolute atomic E-state index is 0.354. The number of alkyl halides is 2. The number of nitrogens with zero attached hydrogens (tertiary/aromatic N) is 1. The lowest BCUT2D eigenvalue weighted by molar-refractivity contribution is -0.147. The maximum atomic E-state index is 11.1. The molecule has 2 atom stereocenters. The Balaban J connectivity index is 3.95. The third-order valence-corrected chi connectivity index (χ3v) is 3.18. The molecule has 0 bridgehead atoms. The highest BCUT2D eigenvalue weighted by Crippen LogP contribution is 2.10. The minimum atomic E-state index is -0.649. The van der Waals surface area contributed by atoms with E-state index in [1.807, 2.05) is 6.07 Å². The smallest absolute Gasteiger partial charge is 0.324 e. The lowest BCUT2D eigenvalue weighted by atomic mass is 10.1. The van der Waals surface area contributed by atoms with E-state index in [0.717, 1.165) is 0 Å². The molecule has 3 nitrogen and oxygen atoms in total. The Morgan fingerprint density at radius 1 is 1.75 bits per heavy atom. The Labute approximate surface area is 88.3 Å². The molecule has 0 saturated heterocycles. The molecule has 0 aromatic rings. The van der Waals surface area contributed by atoms with Gasteiger partial charge in [-0.25, -0.2) is 0 Å². The number of rotatable bonds is 4. The lowest BCUT2D eigenvalue weighted by Gasteiger charge is -2.10. The van der Waals surface area contributed by atoms with Gasteiger partial charge in [-0.15, -0.1) is 0 Å². The molecule has 12 heavy (non-hydrogen) atoms. The maximum absolute atomic E-state index is 11.1. The van der Waals surface area contributed by atoms with Crippen LogP contribution in [-0.4, -0.2) is 16.3 Å². The number of halogens is 2. The number of ether oxygens (including phenoxy) is 1. The Morgan fingerprint density at radius 3 is 2.67 bits per heavy atom. The first-order chi connectivity index (χ1) is 5.65. The minimum Gasteiger partial charge on any atom is -0.449 e. The van der Waals surface area contributed by atoms with E-state index in [-0.39, 0.29) is 5.01 Å². The molecular formula is C7H9Br2NO2. The second-order valence-corrected chi connectivity index (χ2v) is 3.76. The van der Waals surface area contributed by atoms with Gasteiger partial charge in [0.2, 0.25) is 0 Å². The second kappa shape index (κ2) is 6.44. The summed E-state index contributed by atoms with van der Waals surface area (Å²) in [5.41, 5.74) is 0. The molecule has 0 aliphatic heterocycles. The third-order valence-electron chi connectivity index (χ3n) is 1.21. The van der Waals surface area contributed by atoms with Crippen LogP contribution in [0.2, 0.25) is 0 Å². The van der Waals surface area contributed by atoms with Crippen LogP contribution in [0.3, 0.4) is 0 Å². The van der Waals surface area contributed by atoms with E-state index in [1.54, 1.807) is 6.92 Å². The fourth-order valence-electron chi connectivity index (χ4n) is 0.550. The largest absolute Gasteiger partial charge is 0.449 e. The average molecular weight is 299 g/mol. The molecule has 0 aliphatic rings. The number of hydrogen-bond donors (Lipinski definition) is 0. The topological polar surface area (TPSA) is 50.1 Å². The van der Waals surface area contributed by atoms with Crippen LogP contribution < -0.4 is 0 Å². The van der Waals surface area contributed by atoms with Gasteiger partial charge in [-0.1, -0.05) is 22.9 Å². The van der Waals surface area contributed by atoms with Crippen LogP contribution in [0.4, 0.5) is 0 Å². The van der Waals surface area contributed by atoms with E-state index in [4.69, 9.17) is 10.00 Å². The van der Waals surface area contributed by atoms with Gasteiger partial charge in [0.1, 0.15) is 5.92 Å². The Bertz CT molecular complexity index is 190. The first-order valence-electron chi connectivity index (χ1n) is 3.45. The van der Waals surface area contributed by atoms with Crippen molar-refractivity contribution in [3.63, 3.8) is 0 Å². The summed E-state index contributed by atoms with van der Waals surface area (Å²) in [6.07, 6.45) is 0.483. The fourth-order valence-corrected chi connectivity index (χ4v) is 0.867. The highest BCUT2D eigenvalue weighted by Gasteiger charge is 2.19. The molecule has 0 heterocycles. The number of carbonyl (C=O) groups excluding carboxylic acids is 1. The van der Waals surface area contributed by atoms with Gasteiger partial charge in [0.15, 0.2) is 5.01 Å². The maximum Gasteiger partial charge on any atom is 0.324 e. The van der Waals surface area contributed by atoms with E-state index in [9.17, 15) is 4.79 Å². The molecule has 0 fully saturated rings. The van der Waals surface area contributed by atoms with Crippen LogP contribution in [0.5, 0.6) is 0 Å². The Hall–Kier alpha value is -0.0800. The van der Waals surface area contributed by atoms with Crippen LogP contribution in [0.15, 0.2) is 0 Å². The summed E-state index contributed by atoms with van der Waals surface area (Å²) in [5, 5.41) is 8.66. The summed E-state index contributed by atoms with van der Waals surface area (Å²) < 4.78 is 4.85. The van der Waals surface area contributed by atoms with Gasteiger partial charge in [0.25, 0.3) is 0 Å². The number of esters is 1. The molecule has 0 spiro atoms. The van der Waals surface area contributed by atoms with Gasteiger partial charge in [-0.3, -0.25) is 4.79 Å². The van der Waals surface area contributed by atoms with Gasteiger partial charge in [0, 0.05) is 0 Å². The molecule has 5 heteroatoms. The van der Waals surface area contributed by atoms with Crippen molar-refractivity contribution in [2.45, 2.75) is 18.4 Å². The van der Waals surface area contributed by atoms with E-state index < -0.39 is 11.9 Å². The van der Waals surface area contributed by atoms with Crippen LogP contribution in [-0.2, 0) is 9.53 Å². The Morgan fingerprint density at radius 2 is 2.33 bits per heavy atom. The standard InChI is InChI=1S/C7H9Br2NO2/c1-2-5(4-10)7(11)12-6(9)3-8/h5-6H,2-3H2,1H3. The summed E-state index contributed by atoms with van der Waals surface area (Å²) >= 11 is 6.23. The molecular weight excluding hydrogens is 290 g/mol. The number of hydrogen-bond acceptors (Lipinski definition) is 3. The summed E-state index contributed by atoms with van der Waals surface area (Å²) in [4.78, 5) is 11.1. The van der Waals surface area contributed by atoms with Crippen molar-refractivity contribution in [3.8, 4) is 6.07 Å². The number of nitriles is 1. The summed E-state index contributed by atoms with van der Waals surface area (Å²) in [5.74, 6) is -1.12. The van der Waals surface area contributed by atoms with Crippen LogP contribution in [0.1, 0.15) is 13.3 Å². The summed E-state index contributed by atoms with van der Waals surface area (Å²) in [6.45, 7) is 1.77. The quantitative estimate of drug-likeness (QED) is 0.590. The molecule has 0 aromatic carbocycles. The average Bonchev–Trinajstić information content (AvgIpc) is 2.06. The van der Waals surface area contributed by atoms with Crippen molar-refractivity contribution >= 4 is 37.8 Å². The zero-order valence-electron chi connectivity index (χ0n) is 6.59. The predicted molar refractivity (Wildman–Crippen MR) is 52.0 cm³/mol. The van der Waals surface area contributed by atoms with E-state index >= 15 is 0 Å². The van der Waals surface area contributed by atoms with E-state index in [0.29, 0.717) is 11.8 Å². The molecule has 2 unspecified atom stereocenters. The van der Waals surface area contributed by atoms with Crippen molar-refractivity contribution < 1.29 is 9.53 Å². The summed E-state index contributed by atoms with van der Waals surface area (Å²) in [6, 6.07) is 1.87. The molecule has 0 amide bonds. The van der Waals surface area contributed by atoms with Gasteiger partial charge < -0.3 is 4.74 Å². The van der Waals surface area contributed by atoms with Gasteiger partial charge >= 0.3 is 5.97 Å². The molecule has 0 radical (unpaired) electrons. The van der Waals surface area contributed by atoms with Crippen LogP contribution in [0, 0.1) is 17.2 Å². The van der Waals surface area contributed by atoms with Crippen LogP contribution >= 0.6 is 31.9 Å². The SMILES string of the molecule is CCC(C#N)C(=O)OC(Br)CBr. The van der Waals surface area contributed by atoms with Crippen molar-refractivity contribution in [2.75, 3.05) is 5.33 Å². The van der Waals surface area contributed by atoms with E-state index in [2.05, 4.69) is 31.9 Å². The normalized spacial score (nSPS) is 14.5. The zero-order chi connectivity index (χ0) is 9.56. The Kier molecular flexibility index (Phi) is 6.39. The van der Waals surface area contributed by atoms with Gasteiger partial charge in [-0.05, 0) is 22.4 Å². The van der Waals surface area contributed by atoms with Gasteiger partial charge in [-0.2, -0.15) is 5.26 Å². The highest BCUT2D eigenvalue weighted by molar-refractivity contribution is 9.12. The van der Waals surface area contributed by atoms with Crippen molar-refractivity contribution in [1.29, 1.82) is 5.26 Å². The van der Waals surface area contributed by atoms with Crippen LogP contribution in [0.25, 0.3) is 0 Å². The van der Waals surface area contributed by atoms with Crippen molar-refractivity contribution in [2.24, 2.45) is 5.92 Å². The summed E-state index contributed by atoms with van der Waals surface area (Å²) in [7, 11) is 0. The molecule has 0 N–H and O–H groups in total.